The molecule has 0 bridgehead atoms. The number of carbonyl (C=O) groups is 1. The van der Waals surface area contributed by atoms with E-state index in [0.29, 0.717) is 5.75 Å². The van der Waals surface area contributed by atoms with E-state index in [9.17, 15) is 4.79 Å². The van der Waals surface area contributed by atoms with Crippen LogP contribution in [0.3, 0.4) is 0 Å². The van der Waals surface area contributed by atoms with Gasteiger partial charge in [-0.3, -0.25) is 4.79 Å². The molecule has 0 spiro atoms. The van der Waals surface area contributed by atoms with Crippen molar-refractivity contribution in [2.24, 2.45) is 0 Å². The highest BCUT2D eigenvalue weighted by molar-refractivity contribution is 7.99. The number of thioether (sulfide) groups is 1. The Balaban J connectivity index is 1.82. The van der Waals surface area contributed by atoms with Crippen LogP contribution in [0.1, 0.15) is 16.0 Å². The molecule has 100 valence electrons. The van der Waals surface area contributed by atoms with Gasteiger partial charge in [0.2, 0.25) is 5.91 Å². The lowest BCUT2D eigenvalue weighted by molar-refractivity contribution is -0.113. The molecule has 0 saturated heterocycles. The van der Waals surface area contributed by atoms with Crippen LogP contribution in [0.2, 0.25) is 0 Å². The third-order valence-corrected chi connectivity index (χ3v) is 4.77. The highest BCUT2D eigenvalue weighted by atomic mass is 32.2. The van der Waals surface area contributed by atoms with Gasteiger partial charge in [-0.25, -0.2) is 0 Å². The van der Waals surface area contributed by atoms with Crippen LogP contribution in [0.4, 0.5) is 5.69 Å². The lowest BCUT2D eigenvalue weighted by Crippen LogP contribution is -2.15. The molecule has 0 aliphatic heterocycles. The first-order valence-corrected chi connectivity index (χ1v) is 8.16. The molecule has 1 N–H and O–H groups in total. The fourth-order valence-electron chi connectivity index (χ4n) is 1.70. The molecular formula is C15H17NOS2. The van der Waals surface area contributed by atoms with Gasteiger partial charge in [0.15, 0.2) is 0 Å². The van der Waals surface area contributed by atoms with Crippen molar-refractivity contribution in [2.75, 3.05) is 11.1 Å². The molecular weight excluding hydrogens is 274 g/mol. The first-order chi connectivity index (χ1) is 9.15. The molecule has 0 aliphatic rings. The van der Waals surface area contributed by atoms with Gasteiger partial charge in [0.05, 0.1) is 5.75 Å². The topological polar surface area (TPSA) is 29.1 Å². The number of rotatable bonds is 5. The molecule has 1 aromatic heterocycles. The molecule has 2 rings (SSSR count). The average molecular weight is 291 g/mol. The van der Waals surface area contributed by atoms with E-state index in [1.54, 1.807) is 23.1 Å². The predicted octanol–water partition coefficient (Wildman–Crippen LogP) is 4.24. The third-order valence-electron chi connectivity index (χ3n) is 2.72. The normalized spacial score (nSPS) is 10.4. The predicted molar refractivity (Wildman–Crippen MR) is 85.0 cm³/mol. The number of hydrogen-bond donors (Lipinski definition) is 1. The quantitative estimate of drug-likeness (QED) is 0.893. The van der Waals surface area contributed by atoms with E-state index in [4.69, 9.17) is 0 Å². The summed E-state index contributed by atoms with van der Waals surface area (Å²) in [6.45, 7) is 4.04. The molecule has 0 atom stereocenters. The van der Waals surface area contributed by atoms with Crippen LogP contribution < -0.4 is 5.32 Å². The highest BCUT2D eigenvalue weighted by Crippen LogP contribution is 2.19. The second kappa shape index (κ2) is 6.78. The molecule has 0 saturated carbocycles. The van der Waals surface area contributed by atoms with Crippen molar-refractivity contribution in [1.29, 1.82) is 0 Å². The van der Waals surface area contributed by atoms with Crippen LogP contribution in [0.25, 0.3) is 0 Å². The molecule has 1 amide bonds. The average Bonchev–Trinajstić information content (AvgIpc) is 2.87. The highest BCUT2D eigenvalue weighted by Gasteiger charge is 2.05. The number of carbonyl (C=O) groups excluding carboxylic acids is 1. The van der Waals surface area contributed by atoms with Crippen molar-refractivity contribution in [3.63, 3.8) is 0 Å². The standard InChI is InChI=1S/C15H17NOS2/c1-11-5-6-12(2)14(8-11)16-15(17)10-18-9-13-4-3-7-19-13/h3-8H,9-10H2,1-2H3,(H,16,17). The maximum Gasteiger partial charge on any atom is 0.234 e. The van der Waals surface area contributed by atoms with Crippen LogP contribution >= 0.6 is 23.1 Å². The summed E-state index contributed by atoms with van der Waals surface area (Å²) in [5.74, 6) is 1.46. The zero-order chi connectivity index (χ0) is 13.7. The summed E-state index contributed by atoms with van der Waals surface area (Å²) in [4.78, 5) is 13.2. The first-order valence-electron chi connectivity index (χ1n) is 6.12. The van der Waals surface area contributed by atoms with Gasteiger partial charge in [-0.1, -0.05) is 18.2 Å². The first kappa shape index (κ1) is 14.2. The molecule has 19 heavy (non-hydrogen) atoms. The zero-order valence-corrected chi connectivity index (χ0v) is 12.7. The van der Waals surface area contributed by atoms with Crippen LogP contribution in [-0.4, -0.2) is 11.7 Å². The van der Waals surface area contributed by atoms with Gasteiger partial charge >= 0.3 is 0 Å². The molecule has 2 aromatic rings. The summed E-state index contributed by atoms with van der Waals surface area (Å²) in [7, 11) is 0. The van der Waals surface area contributed by atoms with Crippen molar-refractivity contribution < 1.29 is 4.79 Å². The minimum Gasteiger partial charge on any atom is -0.325 e. The maximum atomic E-state index is 11.9. The van der Waals surface area contributed by atoms with Gasteiger partial charge in [0.25, 0.3) is 0 Å². The summed E-state index contributed by atoms with van der Waals surface area (Å²) in [5.41, 5.74) is 3.18. The Kier molecular flexibility index (Phi) is 5.05. The Labute approximate surface area is 122 Å². The Morgan fingerprint density at radius 2 is 2.16 bits per heavy atom. The van der Waals surface area contributed by atoms with Gasteiger partial charge in [-0.15, -0.1) is 23.1 Å². The van der Waals surface area contributed by atoms with Crippen LogP contribution in [0.15, 0.2) is 35.7 Å². The van der Waals surface area contributed by atoms with Gasteiger partial charge in [-0.2, -0.15) is 0 Å². The number of benzene rings is 1. The minimum absolute atomic E-state index is 0.0651. The van der Waals surface area contributed by atoms with Gasteiger partial charge < -0.3 is 5.32 Å². The van der Waals surface area contributed by atoms with E-state index in [1.807, 2.05) is 32.0 Å². The minimum atomic E-state index is 0.0651. The molecule has 0 unspecified atom stereocenters. The monoisotopic (exact) mass is 291 g/mol. The molecule has 0 radical (unpaired) electrons. The van der Waals surface area contributed by atoms with Crippen molar-refractivity contribution in [2.45, 2.75) is 19.6 Å². The van der Waals surface area contributed by atoms with E-state index in [0.717, 1.165) is 22.6 Å². The Hall–Kier alpha value is -1.26. The van der Waals surface area contributed by atoms with Gasteiger partial charge in [0, 0.05) is 16.3 Å². The van der Waals surface area contributed by atoms with Crippen molar-refractivity contribution in [3.05, 3.63) is 51.7 Å². The van der Waals surface area contributed by atoms with E-state index >= 15 is 0 Å². The molecule has 0 fully saturated rings. The van der Waals surface area contributed by atoms with Crippen LogP contribution in [0, 0.1) is 13.8 Å². The molecule has 1 aromatic carbocycles. The van der Waals surface area contributed by atoms with E-state index in [-0.39, 0.29) is 5.91 Å². The lowest BCUT2D eigenvalue weighted by atomic mass is 10.1. The number of anilines is 1. The number of aryl methyl sites for hydroxylation is 2. The second-order valence-corrected chi connectivity index (χ2v) is 6.46. The number of amides is 1. The summed E-state index contributed by atoms with van der Waals surface area (Å²) in [6.07, 6.45) is 0. The van der Waals surface area contributed by atoms with Gasteiger partial charge in [-0.05, 0) is 42.5 Å². The molecule has 4 heteroatoms. The van der Waals surface area contributed by atoms with Crippen LogP contribution in [0.5, 0.6) is 0 Å². The number of thiophene rings is 1. The smallest absolute Gasteiger partial charge is 0.234 e. The van der Waals surface area contributed by atoms with Crippen molar-refractivity contribution in [3.8, 4) is 0 Å². The fourth-order valence-corrected chi connectivity index (χ4v) is 3.36. The summed E-state index contributed by atoms with van der Waals surface area (Å²) >= 11 is 3.38. The van der Waals surface area contributed by atoms with Gasteiger partial charge in [0.1, 0.15) is 0 Å². The summed E-state index contributed by atoms with van der Waals surface area (Å²) < 4.78 is 0. The SMILES string of the molecule is Cc1ccc(C)c(NC(=O)CSCc2cccs2)c1. The van der Waals surface area contributed by atoms with Crippen LogP contribution in [-0.2, 0) is 10.5 Å². The maximum absolute atomic E-state index is 11.9. The Morgan fingerprint density at radius 3 is 2.89 bits per heavy atom. The van der Waals surface area contributed by atoms with E-state index in [1.165, 1.54) is 4.88 Å². The zero-order valence-electron chi connectivity index (χ0n) is 11.1. The second-order valence-electron chi connectivity index (χ2n) is 4.44. The largest absolute Gasteiger partial charge is 0.325 e. The third kappa shape index (κ3) is 4.40. The molecule has 0 aliphatic carbocycles. The van der Waals surface area contributed by atoms with Crippen molar-refractivity contribution >= 4 is 34.7 Å². The molecule has 2 nitrogen and oxygen atoms in total. The number of nitrogens with one attached hydrogen (secondary N) is 1. The molecule has 1 heterocycles. The van der Waals surface area contributed by atoms with Crippen molar-refractivity contribution in [1.82, 2.24) is 0 Å². The fraction of sp³-hybridized carbons (Fsp3) is 0.267. The number of hydrogen-bond acceptors (Lipinski definition) is 3. The van der Waals surface area contributed by atoms with E-state index in [2.05, 4.69) is 22.8 Å². The summed E-state index contributed by atoms with van der Waals surface area (Å²) in [5, 5.41) is 5.04. The Morgan fingerprint density at radius 1 is 1.32 bits per heavy atom. The summed E-state index contributed by atoms with van der Waals surface area (Å²) in [6, 6.07) is 10.2. The van der Waals surface area contributed by atoms with E-state index < -0.39 is 0 Å². The lowest BCUT2D eigenvalue weighted by Gasteiger charge is -2.09. The Bertz CT molecular complexity index is 549.